The number of nitrogens with zero attached hydrogens (tertiary/aromatic N) is 1. The van der Waals surface area contributed by atoms with Crippen molar-refractivity contribution in [2.75, 3.05) is 5.32 Å². The molecule has 3 N–H and O–H groups in total. The van der Waals surface area contributed by atoms with E-state index in [1.807, 2.05) is 13.8 Å². The second-order valence-electron chi connectivity index (χ2n) is 3.09. The average Bonchev–Trinajstić information content (AvgIpc) is 2.03. The van der Waals surface area contributed by atoms with Crippen LogP contribution in [0.2, 0.25) is 0 Å². The molecule has 1 amide bonds. The summed E-state index contributed by atoms with van der Waals surface area (Å²) in [5, 5.41) is 3.15. The summed E-state index contributed by atoms with van der Waals surface area (Å²) in [6.45, 7) is 4.04. The van der Waals surface area contributed by atoms with E-state index >= 15 is 0 Å². The first kappa shape index (κ1) is 9.51. The molecule has 0 unspecified atom stereocenters. The van der Waals surface area contributed by atoms with Crippen LogP contribution in [-0.4, -0.2) is 16.9 Å². The highest BCUT2D eigenvalue weighted by Gasteiger charge is 2.02. The van der Waals surface area contributed by atoms with Gasteiger partial charge in [-0.05, 0) is 26.0 Å². The Kier molecular flexibility index (Phi) is 2.84. The quantitative estimate of drug-likeness (QED) is 0.727. The summed E-state index contributed by atoms with van der Waals surface area (Å²) in [6, 6.07) is 3.76. The standard InChI is InChI=1S/C9H13N3O/c1-6(2)12-7-3-4-11-8(5-7)9(10)13/h3-6H,1-2H3,(H2,10,13)(H,11,12). The Labute approximate surface area is 77.2 Å². The van der Waals surface area contributed by atoms with Crippen LogP contribution in [0.4, 0.5) is 5.69 Å². The molecule has 0 fully saturated rings. The third-order valence-corrected chi connectivity index (χ3v) is 1.47. The number of rotatable bonds is 3. The molecule has 1 aromatic rings. The summed E-state index contributed by atoms with van der Waals surface area (Å²) in [4.78, 5) is 14.6. The number of carbonyl (C=O) groups is 1. The highest BCUT2D eigenvalue weighted by Crippen LogP contribution is 2.08. The van der Waals surface area contributed by atoms with Gasteiger partial charge in [-0.2, -0.15) is 0 Å². The SMILES string of the molecule is CC(C)Nc1ccnc(C(N)=O)c1. The Morgan fingerprint density at radius 3 is 2.85 bits per heavy atom. The normalized spacial score (nSPS) is 10.1. The van der Waals surface area contributed by atoms with Crippen LogP contribution in [0.3, 0.4) is 0 Å². The van der Waals surface area contributed by atoms with Crippen molar-refractivity contribution in [3.63, 3.8) is 0 Å². The van der Waals surface area contributed by atoms with E-state index in [2.05, 4.69) is 10.3 Å². The van der Waals surface area contributed by atoms with E-state index in [0.29, 0.717) is 6.04 Å². The molecule has 0 atom stereocenters. The Morgan fingerprint density at radius 2 is 2.31 bits per heavy atom. The molecule has 1 rings (SSSR count). The fourth-order valence-corrected chi connectivity index (χ4v) is 0.988. The number of hydrogen-bond donors (Lipinski definition) is 2. The van der Waals surface area contributed by atoms with E-state index in [1.165, 1.54) is 0 Å². The van der Waals surface area contributed by atoms with Gasteiger partial charge in [0.25, 0.3) is 5.91 Å². The molecule has 0 aliphatic rings. The molecule has 0 saturated carbocycles. The zero-order chi connectivity index (χ0) is 9.84. The predicted molar refractivity (Wildman–Crippen MR) is 51.5 cm³/mol. The first-order valence-electron chi connectivity index (χ1n) is 4.12. The Hall–Kier alpha value is -1.58. The Balaban J connectivity index is 2.85. The fraction of sp³-hybridized carbons (Fsp3) is 0.333. The molecule has 4 heteroatoms. The van der Waals surface area contributed by atoms with E-state index in [4.69, 9.17) is 5.73 Å². The summed E-state index contributed by atoms with van der Waals surface area (Å²) in [6.07, 6.45) is 1.56. The number of aromatic nitrogens is 1. The van der Waals surface area contributed by atoms with Gasteiger partial charge >= 0.3 is 0 Å². The van der Waals surface area contributed by atoms with Crippen molar-refractivity contribution < 1.29 is 4.79 Å². The second kappa shape index (κ2) is 3.89. The Bertz CT molecular complexity index is 309. The summed E-state index contributed by atoms with van der Waals surface area (Å²) >= 11 is 0. The largest absolute Gasteiger partial charge is 0.383 e. The van der Waals surface area contributed by atoms with Crippen molar-refractivity contribution in [3.05, 3.63) is 24.0 Å². The molecule has 0 radical (unpaired) electrons. The first-order chi connectivity index (χ1) is 6.09. The van der Waals surface area contributed by atoms with Gasteiger partial charge in [-0.1, -0.05) is 0 Å². The highest BCUT2D eigenvalue weighted by molar-refractivity contribution is 5.91. The highest BCUT2D eigenvalue weighted by atomic mass is 16.1. The molecule has 0 spiro atoms. The minimum Gasteiger partial charge on any atom is -0.383 e. The lowest BCUT2D eigenvalue weighted by atomic mass is 10.3. The minimum absolute atomic E-state index is 0.283. The van der Waals surface area contributed by atoms with E-state index in [-0.39, 0.29) is 5.69 Å². The number of hydrogen-bond acceptors (Lipinski definition) is 3. The molecule has 13 heavy (non-hydrogen) atoms. The lowest BCUT2D eigenvalue weighted by molar-refractivity contribution is 0.0995. The van der Waals surface area contributed by atoms with Crippen molar-refractivity contribution in [3.8, 4) is 0 Å². The zero-order valence-corrected chi connectivity index (χ0v) is 7.74. The lowest BCUT2D eigenvalue weighted by Gasteiger charge is -2.09. The first-order valence-corrected chi connectivity index (χ1v) is 4.12. The van der Waals surface area contributed by atoms with Gasteiger partial charge in [-0.15, -0.1) is 0 Å². The maximum atomic E-state index is 10.8. The van der Waals surface area contributed by atoms with Gasteiger partial charge in [-0.25, -0.2) is 0 Å². The molecular weight excluding hydrogens is 166 g/mol. The number of carbonyl (C=O) groups excluding carboxylic acids is 1. The van der Waals surface area contributed by atoms with Gasteiger partial charge in [-0.3, -0.25) is 9.78 Å². The third-order valence-electron chi connectivity index (χ3n) is 1.47. The summed E-state index contributed by atoms with van der Waals surface area (Å²) in [5.74, 6) is -0.507. The fourth-order valence-electron chi connectivity index (χ4n) is 0.988. The van der Waals surface area contributed by atoms with Gasteiger partial charge in [0, 0.05) is 17.9 Å². The molecule has 1 aromatic heterocycles. The number of nitrogens with one attached hydrogen (secondary N) is 1. The van der Waals surface area contributed by atoms with E-state index < -0.39 is 5.91 Å². The third kappa shape index (κ3) is 2.74. The monoisotopic (exact) mass is 179 g/mol. The zero-order valence-electron chi connectivity index (χ0n) is 7.74. The van der Waals surface area contributed by atoms with E-state index in [9.17, 15) is 4.79 Å². The minimum atomic E-state index is -0.507. The van der Waals surface area contributed by atoms with Crippen LogP contribution < -0.4 is 11.1 Å². The van der Waals surface area contributed by atoms with Crippen LogP contribution >= 0.6 is 0 Å². The molecular formula is C9H13N3O. The summed E-state index contributed by atoms with van der Waals surface area (Å²) in [5.41, 5.74) is 6.23. The van der Waals surface area contributed by atoms with Crippen molar-refractivity contribution >= 4 is 11.6 Å². The van der Waals surface area contributed by atoms with Crippen molar-refractivity contribution in [1.82, 2.24) is 4.98 Å². The van der Waals surface area contributed by atoms with Crippen LogP contribution in [0.25, 0.3) is 0 Å². The molecule has 0 aromatic carbocycles. The Morgan fingerprint density at radius 1 is 1.62 bits per heavy atom. The topological polar surface area (TPSA) is 68.0 Å². The maximum absolute atomic E-state index is 10.8. The number of pyridine rings is 1. The predicted octanol–water partition coefficient (Wildman–Crippen LogP) is 1.00. The maximum Gasteiger partial charge on any atom is 0.267 e. The lowest BCUT2D eigenvalue weighted by Crippen LogP contribution is -2.15. The number of anilines is 1. The molecule has 0 saturated heterocycles. The van der Waals surface area contributed by atoms with Gasteiger partial charge in [0.15, 0.2) is 0 Å². The second-order valence-corrected chi connectivity index (χ2v) is 3.09. The molecule has 70 valence electrons. The van der Waals surface area contributed by atoms with Crippen LogP contribution in [0, 0.1) is 0 Å². The van der Waals surface area contributed by atoms with E-state index in [1.54, 1.807) is 18.3 Å². The van der Waals surface area contributed by atoms with Crippen molar-refractivity contribution in [2.45, 2.75) is 19.9 Å². The van der Waals surface area contributed by atoms with E-state index in [0.717, 1.165) is 5.69 Å². The van der Waals surface area contributed by atoms with Crippen LogP contribution in [0.1, 0.15) is 24.3 Å². The van der Waals surface area contributed by atoms with Gasteiger partial charge < -0.3 is 11.1 Å². The molecule has 0 bridgehead atoms. The molecule has 1 heterocycles. The summed E-state index contributed by atoms with van der Waals surface area (Å²) in [7, 11) is 0. The number of nitrogens with two attached hydrogens (primary N) is 1. The van der Waals surface area contributed by atoms with Crippen LogP contribution in [0.15, 0.2) is 18.3 Å². The van der Waals surface area contributed by atoms with Crippen LogP contribution in [-0.2, 0) is 0 Å². The average molecular weight is 179 g/mol. The molecule has 4 nitrogen and oxygen atoms in total. The molecule has 0 aliphatic carbocycles. The smallest absolute Gasteiger partial charge is 0.267 e. The molecule has 0 aliphatic heterocycles. The van der Waals surface area contributed by atoms with Gasteiger partial charge in [0.05, 0.1) is 0 Å². The van der Waals surface area contributed by atoms with Gasteiger partial charge in [0.2, 0.25) is 0 Å². The van der Waals surface area contributed by atoms with Crippen molar-refractivity contribution in [1.29, 1.82) is 0 Å². The number of amides is 1. The van der Waals surface area contributed by atoms with Gasteiger partial charge in [0.1, 0.15) is 5.69 Å². The van der Waals surface area contributed by atoms with Crippen LogP contribution in [0.5, 0.6) is 0 Å². The summed E-state index contributed by atoms with van der Waals surface area (Å²) < 4.78 is 0. The number of primary amides is 1. The van der Waals surface area contributed by atoms with Crippen molar-refractivity contribution in [2.24, 2.45) is 5.73 Å².